The van der Waals surface area contributed by atoms with E-state index in [4.69, 9.17) is 19.1 Å². The first kappa shape index (κ1) is 40.5. The molecule has 2 saturated heterocycles. The number of carbonyl (C=O) groups excluding carboxylic acids is 1. The van der Waals surface area contributed by atoms with Gasteiger partial charge in [-0.05, 0) is 135 Å². The summed E-state index contributed by atoms with van der Waals surface area (Å²) in [6.07, 6.45) is 8.34. The molecule has 0 unspecified atom stereocenters. The summed E-state index contributed by atoms with van der Waals surface area (Å²) in [5.41, 5.74) is 6.37. The van der Waals surface area contributed by atoms with Gasteiger partial charge in [0, 0.05) is 68.3 Å². The van der Waals surface area contributed by atoms with Crippen molar-refractivity contribution >= 4 is 16.8 Å². The van der Waals surface area contributed by atoms with Gasteiger partial charge in [0.25, 0.3) is 5.91 Å². The van der Waals surface area contributed by atoms with Gasteiger partial charge < -0.3 is 18.9 Å². The maximum atomic E-state index is 15.5. The average Bonchev–Trinajstić information content (AvgIpc) is 3.81. The minimum absolute atomic E-state index is 0.0392. The first-order chi connectivity index (χ1) is 31.0. The highest BCUT2D eigenvalue weighted by atomic mass is 19.1. The minimum Gasteiger partial charge on any atom is -0.381 e. The Balaban J connectivity index is 1.03. The quantitative estimate of drug-likeness (QED) is 0.165. The Bertz CT molecular complexity index is 3040. The molecule has 0 bridgehead atoms. The van der Waals surface area contributed by atoms with E-state index in [0.717, 1.165) is 66.7 Å². The van der Waals surface area contributed by atoms with E-state index in [-0.39, 0.29) is 23.3 Å². The first-order valence-electron chi connectivity index (χ1n) is 22.5. The number of carbonyl (C=O) groups is 1. The van der Waals surface area contributed by atoms with Gasteiger partial charge in [-0.2, -0.15) is 5.10 Å². The van der Waals surface area contributed by atoms with Crippen LogP contribution >= 0.6 is 0 Å². The third kappa shape index (κ3) is 6.45. The Kier molecular flexibility index (Phi) is 9.76. The van der Waals surface area contributed by atoms with E-state index in [9.17, 15) is 9.59 Å². The summed E-state index contributed by atoms with van der Waals surface area (Å²) >= 11 is 0. The molecule has 3 fully saturated rings. The monoisotopic (exact) mass is 866 g/mol. The second kappa shape index (κ2) is 15.4. The molecule has 1 aliphatic carbocycles. The number of aromatic amines is 1. The van der Waals surface area contributed by atoms with Crippen molar-refractivity contribution in [2.45, 2.75) is 89.6 Å². The first-order valence-corrected chi connectivity index (χ1v) is 22.5. The van der Waals surface area contributed by atoms with E-state index in [2.05, 4.69) is 52.0 Å². The van der Waals surface area contributed by atoms with Crippen LogP contribution in [0.1, 0.15) is 114 Å². The van der Waals surface area contributed by atoms with Crippen molar-refractivity contribution in [3.05, 3.63) is 145 Å². The van der Waals surface area contributed by atoms with Gasteiger partial charge in [-0.1, -0.05) is 30.3 Å². The third-order valence-electron chi connectivity index (χ3n) is 14.5. The molecule has 1 saturated carbocycles. The van der Waals surface area contributed by atoms with Gasteiger partial charge >= 0.3 is 11.4 Å². The summed E-state index contributed by atoms with van der Waals surface area (Å²) in [7, 11) is 0. The molecule has 11 rings (SSSR count). The Hall–Kier alpha value is -6.32. The SMILES string of the molecule is Cc1cc(-n2nc3c(c2-n2ccn(-c4ccc(C5CCOCC5)cc4)c2=O)[C@H](C)N(C(=O)c2cc4cc(C5CCOCC5)ccc4n2[C@@]2(c4noc(=O)[nH]4)C[C@@H]2C)CC3)cc(C)c1F. The summed E-state index contributed by atoms with van der Waals surface area (Å²) in [5, 5.41) is 10.2. The van der Waals surface area contributed by atoms with Crippen LogP contribution < -0.4 is 11.4 Å². The summed E-state index contributed by atoms with van der Waals surface area (Å²) < 4.78 is 38.4. The van der Waals surface area contributed by atoms with Crippen LogP contribution in [0.3, 0.4) is 0 Å². The molecular weight excluding hydrogens is 816 g/mol. The number of amides is 1. The Labute approximate surface area is 368 Å². The van der Waals surface area contributed by atoms with Crippen molar-refractivity contribution in [3.8, 4) is 17.2 Å². The standard InChI is InChI=1S/C49H51FN8O6/c1-28-23-38(24-29(2)43(28)50)58-44(56-18-17-55(48(56)61)37-8-5-32(6-9-37)33-12-19-62-20-13-33)42-31(4)54(16-11-39(42)52-58)45(59)41-26-36-25-35(34-14-21-63-22-15-34)7-10-40(36)57(41)49(27-30(49)3)46-51-47(60)64-53-46/h5-10,17-18,23-26,30-31,33-34H,11-16,19-22,27H2,1-4H3,(H,51,53,60)/t30-,31-,49-/m0/s1. The Morgan fingerprint density at radius 3 is 2.11 bits per heavy atom. The fourth-order valence-electron chi connectivity index (χ4n) is 10.9. The number of rotatable bonds is 8. The maximum Gasteiger partial charge on any atom is 0.438 e. The zero-order chi connectivity index (χ0) is 44.0. The molecule has 0 radical (unpaired) electrons. The molecule has 7 heterocycles. The minimum atomic E-state index is -0.809. The average molecular weight is 867 g/mol. The van der Waals surface area contributed by atoms with Crippen LogP contribution in [0.15, 0.2) is 87.2 Å². The lowest BCUT2D eigenvalue weighted by Crippen LogP contribution is -2.41. The molecule has 64 heavy (non-hydrogen) atoms. The highest BCUT2D eigenvalue weighted by molar-refractivity contribution is 6.00. The Morgan fingerprint density at radius 2 is 1.47 bits per heavy atom. The number of ether oxygens (including phenoxy) is 2. The number of aryl methyl sites for hydroxylation is 2. The fourth-order valence-corrected chi connectivity index (χ4v) is 10.9. The van der Waals surface area contributed by atoms with Crippen molar-refractivity contribution < 1.29 is 23.2 Å². The van der Waals surface area contributed by atoms with E-state index in [1.807, 2.05) is 30.0 Å². The molecule has 4 aliphatic rings. The van der Waals surface area contributed by atoms with E-state index in [0.29, 0.717) is 78.6 Å². The molecular formula is C49H51FN8O6. The summed E-state index contributed by atoms with van der Waals surface area (Å²) in [5.74, 6) is 0.527. The lowest BCUT2D eigenvalue weighted by atomic mass is 9.91. The molecule has 3 atom stereocenters. The number of nitrogens with zero attached hydrogens (tertiary/aromatic N) is 7. The lowest BCUT2D eigenvalue weighted by molar-refractivity contribution is 0.0663. The molecule has 1 N–H and O–H groups in total. The van der Waals surface area contributed by atoms with E-state index < -0.39 is 17.3 Å². The van der Waals surface area contributed by atoms with Crippen molar-refractivity contribution in [2.75, 3.05) is 33.0 Å². The normalized spacial score (nSPS) is 21.7. The van der Waals surface area contributed by atoms with Gasteiger partial charge in [0.1, 0.15) is 22.9 Å². The molecule has 3 aliphatic heterocycles. The van der Waals surface area contributed by atoms with E-state index in [1.54, 1.807) is 52.2 Å². The van der Waals surface area contributed by atoms with Crippen LogP contribution in [0.4, 0.5) is 4.39 Å². The number of hydrogen-bond donors (Lipinski definition) is 1. The number of nitrogens with one attached hydrogen (secondary N) is 1. The van der Waals surface area contributed by atoms with Gasteiger partial charge in [-0.3, -0.25) is 23.4 Å². The predicted octanol–water partition coefficient (Wildman–Crippen LogP) is 7.53. The molecule has 15 heteroatoms. The number of H-pyrrole nitrogens is 1. The van der Waals surface area contributed by atoms with Gasteiger partial charge in [0.2, 0.25) is 0 Å². The van der Waals surface area contributed by atoms with E-state index >= 15 is 9.18 Å². The number of imidazole rings is 1. The fraction of sp³-hybridized carbons (Fsp3) is 0.408. The molecule has 14 nitrogen and oxygen atoms in total. The smallest absolute Gasteiger partial charge is 0.381 e. The van der Waals surface area contributed by atoms with Gasteiger partial charge in [0.05, 0.1) is 23.1 Å². The molecule has 330 valence electrons. The predicted molar refractivity (Wildman–Crippen MR) is 237 cm³/mol. The van der Waals surface area contributed by atoms with Gasteiger partial charge in [-0.25, -0.2) is 18.7 Å². The van der Waals surface area contributed by atoms with Crippen LogP contribution in [0.5, 0.6) is 0 Å². The van der Waals surface area contributed by atoms with Crippen LogP contribution in [0.2, 0.25) is 0 Å². The van der Waals surface area contributed by atoms with Gasteiger partial charge in [-0.15, -0.1) is 0 Å². The van der Waals surface area contributed by atoms with Crippen molar-refractivity contribution in [1.82, 2.24) is 38.5 Å². The van der Waals surface area contributed by atoms with Crippen LogP contribution in [0, 0.1) is 25.6 Å². The number of fused-ring (bicyclic) bond motifs is 2. The van der Waals surface area contributed by atoms with Crippen molar-refractivity contribution in [1.29, 1.82) is 0 Å². The molecule has 0 spiro atoms. The van der Waals surface area contributed by atoms with Crippen LogP contribution in [0.25, 0.3) is 28.1 Å². The highest BCUT2D eigenvalue weighted by Gasteiger charge is 2.59. The highest BCUT2D eigenvalue weighted by Crippen LogP contribution is 2.56. The lowest BCUT2D eigenvalue weighted by Gasteiger charge is -2.34. The topological polar surface area (TPSA) is 147 Å². The summed E-state index contributed by atoms with van der Waals surface area (Å²) in [6.45, 7) is 10.8. The van der Waals surface area contributed by atoms with E-state index in [1.165, 1.54) is 11.1 Å². The van der Waals surface area contributed by atoms with Gasteiger partial charge in [0.15, 0.2) is 5.82 Å². The number of hydrogen-bond acceptors (Lipinski definition) is 8. The largest absolute Gasteiger partial charge is 0.438 e. The number of benzene rings is 3. The summed E-state index contributed by atoms with van der Waals surface area (Å²) in [6, 6.07) is 19.5. The number of aromatic nitrogens is 7. The summed E-state index contributed by atoms with van der Waals surface area (Å²) in [4.78, 5) is 47.3. The third-order valence-corrected chi connectivity index (χ3v) is 14.5. The van der Waals surface area contributed by atoms with Crippen LogP contribution in [-0.4, -0.2) is 77.4 Å². The Morgan fingerprint density at radius 1 is 0.828 bits per heavy atom. The van der Waals surface area contributed by atoms with Crippen molar-refractivity contribution in [3.63, 3.8) is 0 Å². The molecule has 7 aromatic rings. The molecule has 3 aromatic carbocycles. The zero-order valence-electron chi connectivity index (χ0n) is 36.5. The van der Waals surface area contributed by atoms with Crippen LogP contribution in [-0.2, 0) is 21.4 Å². The van der Waals surface area contributed by atoms with Crippen molar-refractivity contribution in [2.24, 2.45) is 5.92 Å². The number of halogens is 1. The zero-order valence-corrected chi connectivity index (χ0v) is 36.5. The second-order valence-electron chi connectivity index (χ2n) is 18.3. The maximum absolute atomic E-state index is 15.5. The molecule has 4 aromatic heterocycles. The molecule has 1 amide bonds. The second-order valence-corrected chi connectivity index (χ2v) is 18.3.